The number of ether oxygens (including phenoxy) is 1. The lowest BCUT2D eigenvalue weighted by Crippen LogP contribution is -2.11. The molecule has 3 heteroatoms. The first-order chi connectivity index (χ1) is 7.54. The summed E-state index contributed by atoms with van der Waals surface area (Å²) < 4.78 is 5.20. The summed E-state index contributed by atoms with van der Waals surface area (Å²) in [5, 5.41) is 0. The molecule has 0 aromatic heterocycles. The van der Waals surface area contributed by atoms with Crippen LogP contribution in [0.3, 0.4) is 0 Å². The SMILES string of the molecule is CCC(C)COC(=O)c1ccc(N)c(C)c1. The molecule has 1 aromatic carbocycles. The van der Waals surface area contributed by atoms with Crippen LogP contribution in [0.4, 0.5) is 5.69 Å². The topological polar surface area (TPSA) is 52.3 Å². The lowest BCUT2D eigenvalue weighted by molar-refractivity contribution is 0.0447. The molecule has 0 fully saturated rings. The highest BCUT2D eigenvalue weighted by molar-refractivity contribution is 5.90. The van der Waals surface area contributed by atoms with Gasteiger partial charge in [-0.15, -0.1) is 0 Å². The second-order valence-corrected chi connectivity index (χ2v) is 4.18. The van der Waals surface area contributed by atoms with Gasteiger partial charge in [0.05, 0.1) is 12.2 Å². The Hall–Kier alpha value is -1.51. The van der Waals surface area contributed by atoms with Gasteiger partial charge < -0.3 is 10.5 Å². The molecule has 0 amide bonds. The van der Waals surface area contributed by atoms with Crippen molar-refractivity contribution in [3.8, 4) is 0 Å². The van der Waals surface area contributed by atoms with E-state index in [1.54, 1.807) is 18.2 Å². The second-order valence-electron chi connectivity index (χ2n) is 4.18. The average molecular weight is 221 g/mol. The van der Waals surface area contributed by atoms with E-state index >= 15 is 0 Å². The van der Waals surface area contributed by atoms with E-state index in [4.69, 9.17) is 10.5 Å². The van der Waals surface area contributed by atoms with Gasteiger partial charge in [-0.1, -0.05) is 20.3 Å². The van der Waals surface area contributed by atoms with Crippen molar-refractivity contribution in [1.29, 1.82) is 0 Å². The number of hydrogen-bond donors (Lipinski definition) is 1. The summed E-state index contributed by atoms with van der Waals surface area (Å²) in [7, 11) is 0. The molecular weight excluding hydrogens is 202 g/mol. The molecular formula is C13H19NO2. The van der Waals surface area contributed by atoms with Crippen LogP contribution in [-0.4, -0.2) is 12.6 Å². The zero-order valence-electron chi connectivity index (χ0n) is 10.1. The van der Waals surface area contributed by atoms with Crippen LogP contribution in [0.25, 0.3) is 0 Å². The van der Waals surface area contributed by atoms with Gasteiger partial charge in [0, 0.05) is 5.69 Å². The van der Waals surface area contributed by atoms with Gasteiger partial charge in [0.15, 0.2) is 0 Å². The molecule has 88 valence electrons. The van der Waals surface area contributed by atoms with Gasteiger partial charge in [-0.2, -0.15) is 0 Å². The van der Waals surface area contributed by atoms with Crippen molar-refractivity contribution in [3.05, 3.63) is 29.3 Å². The molecule has 0 saturated carbocycles. The van der Waals surface area contributed by atoms with Gasteiger partial charge in [0.2, 0.25) is 0 Å². The normalized spacial score (nSPS) is 12.2. The fourth-order valence-corrected chi connectivity index (χ4v) is 1.22. The Morgan fingerprint density at radius 3 is 2.75 bits per heavy atom. The highest BCUT2D eigenvalue weighted by atomic mass is 16.5. The molecule has 2 N–H and O–H groups in total. The Morgan fingerprint density at radius 2 is 2.19 bits per heavy atom. The molecule has 0 heterocycles. The quantitative estimate of drug-likeness (QED) is 0.628. The van der Waals surface area contributed by atoms with Crippen molar-refractivity contribution in [3.63, 3.8) is 0 Å². The fraction of sp³-hybridized carbons (Fsp3) is 0.462. The van der Waals surface area contributed by atoms with Crippen LogP contribution >= 0.6 is 0 Å². The van der Waals surface area contributed by atoms with Crippen molar-refractivity contribution in [2.75, 3.05) is 12.3 Å². The summed E-state index contributed by atoms with van der Waals surface area (Å²) in [5.41, 5.74) is 7.84. The molecule has 0 aliphatic rings. The molecule has 0 radical (unpaired) electrons. The molecule has 0 aliphatic heterocycles. The zero-order chi connectivity index (χ0) is 12.1. The minimum absolute atomic E-state index is 0.275. The lowest BCUT2D eigenvalue weighted by Gasteiger charge is -2.10. The van der Waals surface area contributed by atoms with E-state index in [0.717, 1.165) is 12.0 Å². The van der Waals surface area contributed by atoms with E-state index in [1.165, 1.54) is 0 Å². The molecule has 3 nitrogen and oxygen atoms in total. The van der Waals surface area contributed by atoms with Crippen LogP contribution < -0.4 is 5.73 Å². The van der Waals surface area contributed by atoms with Crippen molar-refractivity contribution in [2.45, 2.75) is 27.2 Å². The van der Waals surface area contributed by atoms with E-state index in [1.807, 2.05) is 6.92 Å². The Labute approximate surface area is 96.6 Å². The van der Waals surface area contributed by atoms with Gasteiger partial charge in [-0.05, 0) is 36.6 Å². The standard InChI is InChI=1S/C13H19NO2/c1-4-9(2)8-16-13(15)11-5-6-12(14)10(3)7-11/h5-7,9H,4,8,14H2,1-3H3. The van der Waals surface area contributed by atoms with Crippen LogP contribution in [0.5, 0.6) is 0 Å². The Kier molecular flexibility index (Phi) is 4.35. The number of hydrogen-bond acceptors (Lipinski definition) is 3. The molecule has 16 heavy (non-hydrogen) atoms. The number of benzene rings is 1. The van der Waals surface area contributed by atoms with Gasteiger partial charge >= 0.3 is 5.97 Å². The summed E-state index contributed by atoms with van der Waals surface area (Å²) in [5.74, 6) is 0.127. The number of carbonyl (C=O) groups excluding carboxylic acids is 1. The van der Waals surface area contributed by atoms with E-state index < -0.39 is 0 Å². The van der Waals surface area contributed by atoms with Gasteiger partial charge in [-0.25, -0.2) is 4.79 Å². The van der Waals surface area contributed by atoms with Crippen LogP contribution in [-0.2, 0) is 4.74 Å². The second kappa shape index (κ2) is 5.54. The summed E-state index contributed by atoms with van der Waals surface area (Å²) >= 11 is 0. The van der Waals surface area contributed by atoms with Gasteiger partial charge in [0.1, 0.15) is 0 Å². The van der Waals surface area contributed by atoms with Crippen LogP contribution in [0.15, 0.2) is 18.2 Å². The van der Waals surface area contributed by atoms with E-state index in [9.17, 15) is 4.79 Å². The van der Waals surface area contributed by atoms with Crippen LogP contribution in [0, 0.1) is 12.8 Å². The number of anilines is 1. The predicted molar refractivity (Wildman–Crippen MR) is 65.3 cm³/mol. The average Bonchev–Trinajstić information content (AvgIpc) is 2.29. The maximum absolute atomic E-state index is 11.7. The Bertz CT molecular complexity index is 374. The monoisotopic (exact) mass is 221 g/mol. The molecule has 0 bridgehead atoms. The van der Waals surface area contributed by atoms with Crippen molar-refractivity contribution >= 4 is 11.7 Å². The summed E-state index contributed by atoms with van der Waals surface area (Å²) in [4.78, 5) is 11.7. The first-order valence-electron chi connectivity index (χ1n) is 5.57. The molecule has 0 spiro atoms. The Morgan fingerprint density at radius 1 is 1.50 bits per heavy atom. The number of rotatable bonds is 4. The molecule has 1 unspecified atom stereocenters. The molecule has 0 aliphatic carbocycles. The number of esters is 1. The van der Waals surface area contributed by atoms with Crippen molar-refractivity contribution in [2.24, 2.45) is 5.92 Å². The van der Waals surface area contributed by atoms with Gasteiger partial charge in [-0.3, -0.25) is 0 Å². The number of carbonyl (C=O) groups is 1. The lowest BCUT2D eigenvalue weighted by atomic mass is 10.1. The van der Waals surface area contributed by atoms with E-state index in [2.05, 4.69) is 13.8 Å². The maximum Gasteiger partial charge on any atom is 0.338 e. The third kappa shape index (κ3) is 3.26. The molecule has 1 rings (SSSR count). The van der Waals surface area contributed by atoms with Crippen molar-refractivity contribution < 1.29 is 9.53 Å². The zero-order valence-corrected chi connectivity index (χ0v) is 10.1. The minimum Gasteiger partial charge on any atom is -0.462 e. The highest BCUT2D eigenvalue weighted by Gasteiger charge is 2.09. The third-order valence-electron chi connectivity index (χ3n) is 2.70. The van der Waals surface area contributed by atoms with Crippen molar-refractivity contribution in [1.82, 2.24) is 0 Å². The fourth-order valence-electron chi connectivity index (χ4n) is 1.22. The third-order valence-corrected chi connectivity index (χ3v) is 2.70. The summed E-state index contributed by atoms with van der Waals surface area (Å²) in [6.07, 6.45) is 1.01. The first-order valence-corrected chi connectivity index (χ1v) is 5.57. The first kappa shape index (κ1) is 12.6. The number of aryl methyl sites for hydroxylation is 1. The molecule has 1 aromatic rings. The van der Waals surface area contributed by atoms with E-state index in [0.29, 0.717) is 23.8 Å². The minimum atomic E-state index is -0.275. The van der Waals surface area contributed by atoms with Gasteiger partial charge in [0.25, 0.3) is 0 Å². The van der Waals surface area contributed by atoms with E-state index in [-0.39, 0.29) is 5.97 Å². The maximum atomic E-state index is 11.7. The highest BCUT2D eigenvalue weighted by Crippen LogP contribution is 2.14. The van der Waals surface area contributed by atoms with Crippen LogP contribution in [0.2, 0.25) is 0 Å². The summed E-state index contributed by atoms with van der Waals surface area (Å²) in [6, 6.07) is 5.19. The smallest absolute Gasteiger partial charge is 0.338 e. The molecule has 0 saturated heterocycles. The summed E-state index contributed by atoms with van der Waals surface area (Å²) in [6.45, 7) is 6.48. The largest absolute Gasteiger partial charge is 0.462 e. The van der Waals surface area contributed by atoms with Crippen LogP contribution in [0.1, 0.15) is 36.2 Å². The predicted octanol–water partition coefficient (Wildman–Crippen LogP) is 2.78. The number of nitrogens with two attached hydrogens (primary N) is 1. The number of nitrogen functional groups attached to an aromatic ring is 1. The Balaban J connectivity index is 2.63. The molecule has 1 atom stereocenters.